The molecule has 0 radical (unpaired) electrons. The molecule has 0 saturated heterocycles. The number of carbonyl (C=O) groups excluding carboxylic acids is 1. The molecule has 0 aliphatic heterocycles. The van der Waals surface area contributed by atoms with E-state index in [4.69, 9.17) is 0 Å². The van der Waals surface area contributed by atoms with Crippen LogP contribution >= 0.6 is 11.5 Å². The molecular weight excluding hydrogens is 322 g/mol. The van der Waals surface area contributed by atoms with E-state index in [1.165, 1.54) is 0 Å². The van der Waals surface area contributed by atoms with Gasteiger partial charge in [0.2, 0.25) is 4.80 Å². The molecule has 6 nitrogen and oxygen atoms in total. The number of nitrogens with zero attached hydrogens (tertiary/aromatic N) is 5. The lowest BCUT2D eigenvalue weighted by Crippen LogP contribution is -2.16. The van der Waals surface area contributed by atoms with E-state index in [-0.39, 0.29) is 5.91 Å². The summed E-state index contributed by atoms with van der Waals surface area (Å²) in [5, 5.41) is 8.57. The number of hydrogen-bond donors (Lipinski definition) is 0. The van der Waals surface area contributed by atoms with Crippen LogP contribution in [-0.4, -0.2) is 25.1 Å². The highest BCUT2D eigenvalue weighted by atomic mass is 32.1. The lowest BCUT2D eigenvalue weighted by atomic mass is 10.2. The van der Waals surface area contributed by atoms with Gasteiger partial charge >= 0.3 is 0 Å². The fourth-order valence-electron chi connectivity index (χ4n) is 2.27. The van der Waals surface area contributed by atoms with Crippen molar-refractivity contribution in [3.8, 4) is 11.3 Å². The highest BCUT2D eigenvalue weighted by molar-refractivity contribution is 7.02. The van der Waals surface area contributed by atoms with Crippen LogP contribution < -0.4 is 4.80 Å². The molecule has 0 saturated carbocycles. The molecule has 0 fully saturated rings. The van der Waals surface area contributed by atoms with Gasteiger partial charge in [-0.3, -0.25) is 4.79 Å². The molecule has 2 aromatic carbocycles. The van der Waals surface area contributed by atoms with Crippen LogP contribution in [0.3, 0.4) is 0 Å². The molecule has 4 aromatic rings. The smallest absolute Gasteiger partial charge is 0.267 e. The molecule has 24 heavy (non-hydrogen) atoms. The summed E-state index contributed by atoms with van der Waals surface area (Å²) in [4.78, 5) is 16.8. The highest BCUT2D eigenvalue weighted by Gasteiger charge is 2.09. The maximum absolute atomic E-state index is 12.3. The number of aromatic nitrogens is 4. The average Bonchev–Trinajstić information content (AvgIpc) is 3.08. The number of carbonyl (C=O) groups is 1. The maximum atomic E-state index is 12.3. The van der Waals surface area contributed by atoms with E-state index in [2.05, 4.69) is 19.7 Å². The Morgan fingerprint density at radius 1 is 1.00 bits per heavy atom. The van der Waals surface area contributed by atoms with Gasteiger partial charge in [-0.25, -0.2) is 0 Å². The molecule has 0 atom stereocenters. The minimum atomic E-state index is -0.335. The molecule has 0 bridgehead atoms. The third-order valence-electron chi connectivity index (χ3n) is 3.42. The van der Waals surface area contributed by atoms with Crippen LogP contribution in [0.4, 0.5) is 0 Å². The zero-order valence-corrected chi connectivity index (χ0v) is 13.2. The van der Waals surface area contributed by atoms with E-state index in [9.17, 15) is 4.79 Å². The first kappa shape index (κ1) is 14.4. The topological polar surface area (TPSA) is 72.5 Å². The number of amides is 1. The van der Waals surface area contributed by atoms with Crippen molar-refractivity contribution in [1.29, 1.82) is 0 Å². The van der Waals surface area contributed by atoms with E-state index in [0.717, 1.165) is 22.8 Å². The molecule has 0 N–H and O–H groups in total. The number of benzene rings is 2. The second kappa shape index (κ2) is 6.13. The Bertz CT molecular complexity index is 1070. The first-order valence-electron chi connectivity index (χ1n) is 7.23. The van der Waals surface area contributed by atoms with Gasteiger partial charge in [0.25, 0.3) is 5.91 Å². The Morgan fingerprint density at radius 2 is 1.71 bits per heavy atom. The molecule has 2 aromatic heterocycles. The van der Waals surface area contributed by atoms with Gasteiger partial charge in [-0.15, -0.1) is 5.10 Å². The van der Waals surface area contributed by atoms with Crippen LogP contribution in [0, 0.1) is 0 Å². The van der Waals surface area contributed by atoms with E-state index in [1.807, 2.05) is 42.5 Å². The number of rotatable bonds is 2. The van der Waals surface area contributed by atoms with Crippen LogP contribution in [0.2, 0.25) is 0 Å². The van der Waals surface area contributed by atoms with Gasteiger partial charge in [-0.1, -0.05) is 53.0 Å². The summed E-state index contributed by atoms with van der Waals surface area (Å²) in [6.45, 7) is 0. The zero-order valence-electron chi connectivity index (χ0n) is 12.4. The summed E-state index contributed by atoms with van der Waals surface area (Å²) >= 11 is 1.03. The monoisotopic (exact) mass is 333 g/mol. The SMILES string of the molecule is O=C(N=c1snnc2cc(-c3ccccc3)nn12)c1ccccc1. The van der Waals surface area contributed by atoms with Crippen molar-refractivity contribution in [2.45, 2.75) is 0 Å². The predicted molar refractivity (Wildman–Crippen MR) is 90.4 cm³/mol. The average molecular weight is 333 g/mol. The zero-order chi connectivity index (χ0) is 16.4. The maximum Gasteiger partial charge on any atom is 0.279 e. The molecule has 116 valence electrons. The van der Waals surface area contributed by atoms with Gasteiger partial charge in [0, 0.05) is 28.7 Å². The molecule has 0 aliphatic carbocycles. The van der Waals surface area contributed by atoms with Gasteiger partial charge in [-0.2, -0.15) is 14.6 Å². The lowest BCUT2D eigenvalue weighted by molar-refractivity contribution is 0.0998. The highest BCUT2D eigenvalue weighted by Crippen LogP contribution is 2.17. The molecule has 0 unspecified atom stereocenters. The summed E-state index contributed by atoms with van der Waals surface area (Å²) in [6, 6.07) is 20.5. The third kappa shape index (κ3) is 2.72. The van der Waals surface area contributed by atoms with E-state index >= 15 is 0 Å². The Balaban J connectivity index is 1.83. The summed E-state index contributed by atoms with van der Waals surface area (Å²) < 4.78 is 5.49. The minimum absolute atomic E-state index is 0.335. The van der Waals surface area contributed by atoms with Crippen LogP contribution in [0.25, 0.3) is 16.9 Å². The third-order valence-corrected chi connectivity index (χ3v) is 4.02. The first-order valence-corrected chi connectivity index (χ1v) is 8.00. The first-order chi connectivity index (χ1) is 11.8. The summed E-state index contributed by atoms with van der Waals surface area (Å²) in [7, 11) is 0. The molecular formula is C17H11N5OS. The summed E-state index contributed by atoms with van der Waals surface area (Å²) in [5.74, 6) is -0.335. The van der Waals surface area contributed by atoms with Crippen molar-refractivity contribution >= 4 is 23.1 Å². The minimum Gasteiger partial charge on any atom is -0.267 e. The van der Waals surface area contributed by atoms with Crippen LogP contribution in [0.1, 0.15) is 10.4 Å². The van der Waals surface area contributed by atoms with Crippen molar-refractivity contribution < 1.29 is 4.79 Å². The second-order valence-electron chi connectivity index (χ2n) is 5.00. The number of hydrogen-bond acceptors (Lipinski definition) is 5. The Morgan fingerprint density at radius 3 is 2.46 bits per heavy atom. The van der Waals surface area contributed by atoms with Crippen LogP contribution in [-0.2, 0) is 0 Å². The predicted octanol–water partition coefficient (Wildman–Crippen LogP) is 2.59. The molecule has 0 aliphatic rings. The van der Waals surface area contributed by atoms with Crippen molar-refractivity contribution in [3.63, 3.8) is 0 Å². The number of fused-ring (bicyclic) bond motifs is 1. The van der Waals surface area contributed by atoms with Gasteiger partial charge in [0.15, 0.2) is 5.65 Å². The van der Waals surface area contributed by atoms with E-state index in [0.29, 0.717) is 16.0 Å². The normalized spacial score (nSPS) is 11.8. The fourth-order valence-corrected chi connectivity index (χ4v) is 2.80. The standard InChI is InChI=1S/C17H11N5OS/c23-16(13-9-5-2-6-10-13)18-17-22-15(19-21-24-17)11-14(20-22)12-7-3-1-4-8-12/h1-11H. The van der Waals surface area contributed by atoms with Crippen LogP contribution in [0.5, 0.6) is 0 Å². The molecule has 1 amide bonds. The second-order valence-corrected chi connectivity index (χ2v) is 5.72. The van der Waals surface area contributed by atoms with Crippen molar-refractivity contribution in [2.24, 2.45) is 4.99 Å². The summed E-state index contributed by atoms with van der Waals surface area (Å²) in [5.41, 5.74) is 2.79. The van der Waals surface area contributed by atoms with Crippen molar-refractivity contribution in [2.75, 3.05) is 0 Å². The Labute approximate surface area is 140 Å². The van der Waals surface area contributed by atoms with E-state index < -0.39 is 0 Å². The van der Waals surface area contributed by atoms with Gasteiger partial charge in [0.1, 0.15) is 0 Å². The Hall–Kier alpha value is -3.19. The molecule has 4 rings (SSSR count). The lowest BCUT2D eigenvalue weighted by Gasteiger charge is -1.95. The van der Waals surface area contributed by atoms with Crippen molar-refractivity contribution in [3.05, 3.63) is 77.1 Å². The van der Waals surface area contributed by atoms with Gasteiger partial charge in [-0.05, 0) is 12.1 Å². The van der Waals surface area contributed by atoms with Gasteiger partial charge < -0.3 is 0 Å². The fraction of sp³-hybridized carbons (Fsp3) is 0. The van der Waals surface area contributed by atoms with Crippen LogP contribution in [0.15, 0.2) is 71.7 Å². The van der Waals surface area contributed by atoms with E-state index in [1.54, 1.807) is 28.8 Å². The quantitative estimate of drug-likeness (QED) is 0.565. The molecule has 0 spiro atoms. The molecule has 2 heterocycles. The largest absolute Gasteiger partial charge is 0.279 e. The van der Waals surface area contributed by atoms with Gasteiger partial charge in [0.05, 0.1) is 5.69 Å². The Kier molecular flexibility index (Phi) is 3.68. The summed E-state index contributed by atoms with van der Waals surface area (Å²) in [6.07, 6.45) is 0. The molecule has 7 heteroatoms. The van der Waals surface area contributed by atoms with Crippen molar-refractivity contribution in [1.82, 2.24) is 19.2 Å².